The molecule has 0 radical (unpaired) electrons. The molecule has 1 aromatic heterocycles. The average Bonchev–Trinajstić information content (AvgIpc) is 2.94. The molecule has 0 fully saturated rings. The van der Waals surface area contributed by atoms with Crippen molar-refractivity contribution in [3.05, 3.63) is 0 Å². The number of rotatable bonds is 10. The number of nitrogens with zero attached hydrogens (tertiary/aromatic N) is 4. The van der Waals surface area contributed by atoms with Crippen molar-refractivity contribution in [2.75, 3.05) is 31.3 Å². The molecule has 0 spiro atoms. The summed E-state index contributed by atoms with van der Waals surface area (Å²) in [5.74, 6) is 1.03. The summed E-state index contributed by atoms with van der Waals surface area (Å²) in [6.07, 6.45) is 4.08. The van der Waals surface area contributed by atoms with Crippen molar-refractivity contribution in [2.45, 2.75) is 49.4 Å². The van der Waals surface area contributed by atoms with Gasteiger partial charge in [0.2, 0.25) is 5.13 Å². The van der Waals surface area contributed by atoms with Crippen LogP contribution in [0.2, 0.25) is 0 Å². The van der Waals surface area contributed by atoms with E-state index < -0.39 is 0 Å². The number of unbranched alkanes of at least 4 members (excludes halogenated alkanes) is 1. The topological polar surface area (TPSA) is 64.8 Å². The van der Waals surface area contributed by atoms with Crippen LogP contribution < -0.4 is 10.2 Å². The van der Waals surface area contributed by atoms with Gasteiger partial charge in [0, 0.05) is 19.8 Å². The molecule has 0 saturated carbocycles. The van der Waals surface area contributed by atoms with E-state index in [1.165, 1.54) is 0 Å². The minimum absolute atomic E-state index is 0.387. The summed E-state index contributed by atoms with van der Waals surface area (Å²) in [5.41, 5.74) is -0.387. The Labute approximate surface area is 136 Å². The summed E-state index contributed by atoms with van der Waals surface area (Å²) in [5, 5.41) is 21.8. The van der Waals surface area contributed by atoms with Crippen molar-refractivity contribution in [2.24, 2.45) is 0 Å². The predicted molar refractivity (Wildman–Crippen MR) is 91.1 cm³/mol. The van der Waals surface area contributed by atoms with E-state index >= 15 is 0 Å². The molecule has 0 saturated heterocycles. The van der Waals surface area contributed by atoms with Gasteiger partial charge in [-0.05, 0) is 39.2 Å². The number of aromatic nitrogens is 2. The third-order valence-electron chi connectivity index (χ3n) is 3.09. The molecule has 118 valence electrons. The van der Waals surface area contributed by atoms with Crippen LogP contribution in [0.25, 0.3) is 0 Å². The number of nitriles is 1. The molecular formula is C14H25N5S2. The smallest absolute Gasteiger partial charge is 0.208 e. The molecule has 0 aliphatic carbocycles. The van der Waals surface area contributed by atoms with Crippen molar-refractivity contribution in [1.82, 2.24) is 15.5 Å². The van der Waals surface area contributed by atoms with E-state index in [-0.39, 0.29) is 5.54 Å². The third kappa shape index (κ3) is 6.64. The van der Waals surface area contributed by atoms with Gasteiger partial charge in [-0.1, -0.05) is 30.0 Å². The van der Waals surface area contributed by atoms with Gasteiger partial charge in [-0.25, -0.2) is 0 Å². The zero-order chi connectivity index (χ0) is 15.7. The molecule has 1 N–H and O–H groups in total. The zero-order valence-electron chi connectivity index (χ0n) is 13.3. The van der Waals surface area contributed by atoms with Crippen LogP contribution in [0.1, 0.15) is 39.5 Å². The molecule has 1 unspecified atom stereocenters. The van der Waals surface area contributed by atoms with Crippen molar-refractivity contribution in [1.29, 1.82) is 5.26 Å². The minimum Gasteiger partial charge on any atom is -0.353 e. The molecule has 7 heteroatoms. The second kappa shape index (κ2) is 9.23. The van der Waals surface area contributed by atoms with Crippen LogP contribution in [0.4, 0.5) is 5.13 Å². The maximum Gasteiger partial charge on any atom is 0.208 e. The summed E-state index contributed by atoms with van der Waals surface area (Å²) in [7, 11) is 3.95. The molecule has 0 aliphatic heterocycles. The van der Waals surface area contributed by atoms with Crippen LogP contribution in [0.3, 0.4) is 0 Å². The highest BCUT2D eigenvalue weighted by atomic mass is 32.2. The second-order valence-electron chi connectivity index (χ2n) is 5.42. The van der Waals surface area contributed by atoms with Gasteiger partial charge in [0.05, 0.1) is 6.07 Å². The molecular weight excluding hydrogens is 302 g/mol. The van der Waals surface area contributed by atoms with Gasteiger partial charge < -0.3 is 4.90 Å². The molecule has 0 aliphatic rings. The Kier molecular flexibility index (Phi) is 8.01. The quantitative estimate of drug-likeness (QED) is 0.526. The maximum absolute atomic E-state index is 9.26. The van der Waals surface area contributed by atoms with Gasteiger partial charge in [0.15, 0.2) is 4.34 Å². The van der Waals surface area contributed by atoms with Crippen molar-refractivity contribution in [3.8, 4) is 6.07 Å². The van der Waals surface area contributed by atoms with Gasteiger partial charge in [0.25, 0.3) is 0 Å². The largest absolute Gasteiger partial charge is 0.353 e. The molecule has 1 aromatic rings. The standard InChI is InChI=1S/C14H25N5S2/c1-5-9-16-14(2,11-15)8-6-7-10-20-13-18-17-12(21-13)19(3)4/h16H,5-10H2,1-4H3. The average molecular weight is 328 g/mol. The molecule has 0 amide bonds. The van der Waals surface area contributed by atoms with Gasteiger partial charge in [-0.3, -0.25) is 5.32 Å². The summed E-state index contributed by atoms with van der Waals surface area (Å²) in [4.78, 5) is 1.97. The van der Waals surface area contributed by atoms with Crippen LogP contribution in [0, 0.1) is 11.3 Å². The Morgan fingerprint density at radius 1 is 1.38 bits per heavy atom. The summed E-state index contributed by atoms with van der Waals surface area (Å²) in [6, 6.07) is 2.39. The first-order chi connectivity index (χ1) is 10.0. The highest BCUT2D eigenvalue weighted by Crippen LogP contribution is 2.27. The normalized spacial score (nSPS) is 13.7. The van der Waals surface area contributed by atoms with Crippen molar-refractivity contribution >= 4 is 28.2 Å². The van der Waals surface area contributed by atoms with Gasteiger partial charge >= 0.3 is 0 Å². The highest BCUT2D eigenvalue weighted by molar-refractivity contribution is 8.01. The molecule has 21 heavy (non-hydrogen) atoms. The van der Waals surface area contributed by atoms with Gasteiger partial charge in [0.1, 0.15) is 5.54 Å². The molecule has 1 heterocycles. The first-order valence-corrected chi connectivity index (χ1v) is 9.11. The van der Waals surface area contributed by atoms with Crippen LogP contribution >= 0.6 is 23.1 Å². The van der Waals surface area contributed by atoms with Crippen molar-refractivity contribution < 1.29 is 0 Å². The Bertz CT molecular complexity index is 454. The van der Waals surface area contributed by atoms with E-state index in [0.29, 0.717) is 0 Å². The van der Waals surface area contributed by atoms with E-state index in [1.54, 1.807) is 23.1 Å². The monoisotopic (exact) mass is 327 g/mol. The summed E-state index contributed by atoms with van der Waals surface area (Å²) >= 11 is 3.37. The fourth-order valence-corrected chi connectivity index (χ4v) is 3.60. The number of anilines is 1. The Balaban J connectivity index is 2.23. The van der Waals surface area contributed by atoms with Gasteiger partial charge in [-0.2, -0.15) is 5.26 Å². The third-order valence-corrected chi connectivity index (χ3v) is 5.40. The fraction of sp³-hybridized carbons (Fsp3) is 0.786. The van der Waals surface area contributed by atoms with Crippen LogP contribution in [0.5, 0.6) is 0 Å². The number of hydrogen-bond acceptors (Lipinski definition) is 7. The second-order valence-corrected chi connectivity index (χ2v) is 7.72. The van der Waals surface area contributed by atoms with Crippen LogP contribution in [-0.4, -0.2) is 42.1 Å². The summed E-state index contributed by atoms with van der Waals surface area (Å²) in [6.45, 7) is 5.01. The van der Waals surface area contributed by atoms with E-state index in [1.807, 2.05) is 25.9 Å². The molecule has 5 nitrogen and oxygen atoms in total. The molecule has 0 bridgehead atoms. The fourth-order valence-electron chi connectivity index (χ4n) is 1.77. The maximum atomic E-state index is 9.26. The first kappa shape index (κ1) is 18.2. The number of hydrogen-bond donors (Lipinski definition) is 1. The van der Waals surface area contributed by atoms with Crippen LogP contribution in [-0.2, 0) is 0 Å². The SMILES string of the molecule is CCCNC(C)(C#N)CCCCSc1nnc(N(C)C)s1. The lowest BCUT2D eigenvalue weighted by molar-refractivity contribution is 0.406. The van der Waals surface area contributed by atoms with Crippen molar-refractivity contribution in [3.63, 3.8) is 0 Å². The highest BCUT2D eigenvalue weighted by Gasteiger charge is 2.21. The first-order valence-electron chi connectivity index (χ1n) is 7.30. The van der Waals surface area contributed by atoms with E-state index in [4.69, 9.17) is 0 Å². The molecule has 1 atom stereocenters. The number of thioether (sulfide) groups is 1. The molecule has 0 aromatic carbocycles. The number of nitrogens with one attached hydrogen (secondary N) is 1. The van der Waals surface area contributed by atoms with E-state index in [0.717, 1.165) is 47.5 Å². The zero-order valence-corrected chi connectivity index (χ0v) is 15.0. The van der Waals surface area contributed by atoms with Crippen LogP contribution in [0.15, 0.2) is 4.34 Å². The summed E-state index contributed by atoms with van der Waals surface area (Å²) < 4.78 is 1.02. The van der Waals surface area contributed by atoms with E-state index in [9.17, 15) is 5.26 Å². The Hall–Kier alpha value is -0.840. The lowest BCUT2D eigenvalue weighted by atomic mass is 9.96. The van der Waals surface area contributed by atoms with Gasteiger partial charge in [-0.15, -0.1) is 10.2 Å². The lowest BCUT2D eigenvalue weighted by Crippen LogP contribution is -2.41. The lowest BCUT2D eigenvalue weighted by Gasteiger charge is -2.22. The Morgan fingerprint density at radius 3 is 2.71 bits per heavy atom. The minimum atomic E-state index is -0.387. The van der Waals surface area contributed by atoms with E-state index in [2.05, 4.69) is 28.5 Å². The molecule has 1 rings (SSSR count). The Morgan fingerprint density at radius 2 is 2.14 bits per heavy atom. The predicted octanol–water partition coefficient (Wildman–Crippen LogP) is 3.15.